The van der Waals surface area contributed by atoms with E-state index in [1.807, 2.05) is 11.0 Å². The minimum atomic E-state index is 0.0408. The van der Waals surface area contributed by atoms with Crippen molar-refractivity contribution < 1.29 is 14.3 Å². The molecule has 5 nitrogen and oxygen atoms in total. The highest BCUT2D eigenvalue weighted by atomic mass is 16.5. The van der Waals surface area contributed by atoms with E-state index in [1.165, 1.54) is 6.42 Å². The maximum atomic E-state index is 13.2. The van der Waals surface area contributed by atoms with Gasteiger partial charge in [-0.15, -0.1) is 0 Å². The summed E-state index contributed by atoms with van der Waals surface area (Å²) in [5, 5.41) is 0. The number of ether oxygens (including phenoxy) is 2. The van der Waals surface area contributed by atoms with Gasteiger partial charge in [-0.2, -0.15) is 0 Å². The van der Waals surface area contributed by atoms with Crippen molar-refractivity contribution in [3.8, 4) is 11.5 Å². The van der Waals surface area contributed by atoms with E-state index >= 15 is 0 Å². The highest BCUT2D eigenvalue weighted by molar-refractivity contribution is 5.97. The van der Waals surface area contributed by atoms with Gasteiger partial charge in [-0.05, 0) is 50.0 Å². The van der Waals surface area contributed by atoms with Gasteiger partial charge in [0.25, 0.3) is 5.91 Å². The molecule has 2 atom stereocenters. The number of likely N-dealkylation sites (tertiary alicyclic amines) is 1. The number of amides is 1. The standard InChI is InChI=1S/C20H30N2O3/c1-19(2)11-20(12-21(3)4)13-22(10-17(19)20)18(23)15-9-14(24-5)7-8-16(15)25-6/h7-9,17H,10-13H2,1-6H3/t17-,20+/m1/s1. The third-order valence-corrected chi connectivity index (χ3v) is 5.95. The van der Waals surface area contributed by atoms with Crippen molar-refractivity contribution in [2.45, 2.75) is 20.3 Å². The maximum absolute atomic E-state index is 13.2. The summed E-state index contributed by atoms with van der Waals surface area (Å²) in [5.74, 6) is 1.86. The van der Waals surface area contributed by atoms with E-state index in [1.54, 1.807) is 26.4 Å². The number of nitrogens with zero attached hydrogens (tertiary/aromatic N) is 2. The number of fused-ring (bicyclic) bond motifs is 1. The fourth-order valence-electron chi connectivity index (χ4n) is 5.28. The van der Waals surface area contributed by atoms with Crippen molar-refractivity contribution in [2.75, 3.05) is 47.9 Å². The van der Waals surface area contributed by atoms with Crippen LogP contribution in [-0.2, 0) is 0 Å². The normalized spacial score (nSPS) is 27.0. The van der Waals surface area contributed by atoms with Crippen LogP contribution in [0.5, 0.6) is 11.5 Å². The van der Waals surface area contributed by atoms with Gasteiger partial charge in [0.05, 0.1) is 19.8 Å². The summed E-state index contributed by atoms with van der Waals surface area (Å²) in [5.41, 5.74) is 1.10. The third-order valence-electron chi connectivity index (χ3n) is 5.95. The molecule has 1 heterocycles. The largest absolute Gasteiger partial charge is 0.497 e. The van der Waals surface area contributed by atoms with E-state index in [9.17, 15) is 4.79 Å². The van der Waals surface area contributed by atoms with Crippen molar-refractivity contribution in [3.05, 3.63) is 23.8 Å². The van der Waals surface area contributed by atoms with Gasteiger partial charge in [-0.25, -0.2) is 0 Å². The molecule has 1 saturated heterocycles. The number of rotatable bonds is 5. The first-order valence-corrected chi connectivity index (χ1v) is 8.88. The summed E-state index contributed by atoms with van der Waals surface area (Å²) in [7, 11) is 7.45. The molecule has 5 heteroatoms. The molecule has 0 unspecified atom stereocenters. The van der Waals surface area contributed by atoms with Gasteiger partial charge in [-0.3, -0.25) is 4.79 Å². The number of hydrogen-bond donors (Lipinski definition) is 0. The van der Waals surface area contributed by atoms with Crippen LogP contribution in [0.25, 0.3) is 0 Å². The van der Waals surface area contributed by atoms with E-state index in [4.69, 9.17) is 9.47 Å². The van der Waals surface area contributed by atoms with Gasteiger partial charge >= 0.3 is 0 Å². The highest BCUT2D eigenvalue weighted by Crippen LogP contribution is 2.63. The smallest absolute Gasteiger partial charge is 0.257 e. The van der Waals surface area contributed by atoms with Gasteiger partial charge in [0.15, 0.2) is 0 Å². The average molecular weight is 346 g/mol. The van der Waals surface area contributed by atoms with E-state index in [0.29, 0.717) is 28.4 Å². The van der Waals surface area contributed by atoms with E-state index in [0.717, 1.165) is 19.6 Å². The summed E-state index contributed by atoms with van der Waals surface area (Å²) in [6.07, 6.45) is 1.17. The highest BCUT2D eigenvalue weighted by Gasteiger charge is 2.63. The van der Waals surface area contributed by atoms with Crippen LogP contribution in [-0.4, -0.2) is 63.7 Å². The monoisotopic (exact) mass is 346 g/mol. The molecular formula is C20H30N2O3. The molecule has 3 rings (SSSR count). The lowest BCUT2D eigenvalue weighted by atomic mass is 9.48. The van der Waals surface area contributed by atoms with Crippen LogP contribution in [0.3, 0.4) is 0 Å². The van der Waals surface area contributed by atoms with Crippen molar-refractivity contribution in [1.29, 1.82) is 0 Å². The van der Waals surface area contributed by atoms with Crippen molar-refractivity contribution in [1.82, 2.24) is 9.80 Å². The lowest BCUT2D eigenvalue weighted by Crippen LogP contribution is -2.57. The van der Waals surface area contributed by atoms with Crippen LogP contribution < -0.4 is 9.47 Å². The van der Waals surface area contributed by atoms with E-state index in [2.05, 4.69) is 32.8 Å². The van der Waals surface area contributed by atoms with Crippen molar-refractivity contribution in [2.24, 2.45) is 16.7 Å². The van der Waals surface area contributed by atoms with Crippen LogP contribution in [0.2, 0.25) is 0 Å². The van der Waals surface area contributed by atoms with Crippen molar-refractivity contribution in [3.63, 3.8) is 0 Å². The molecule has 138 valence electrons. The second-order valence-electron chi connectivity index (χ2n) is 8.57. The first-order chi connectivity index (χ1) is 11.7. The number of methoxy groups -OCH3 is 2. The van der Waals surface area contributed by atoms with Gasteiger partial charge in [0.1, 0.15) is 11.5 Å². The molecular weight excluding hydrogens is 316 g/mol. The molecule has 0 N–H and O–H groups in total. The first kappa shape index (κ1) is 18.1. The molecule has 25 heavy (non-hydrogen) atoms. The van der Waals surface area contributed by atoms with Gasteiger partial charge in [0, 0.05) is 25.0 Å². The van der Waals surface area contributed by atoms with E-state index in [-0.39, 0.29) is 11.3 Å². The Hall–Kier alpha value is -1.75. The molecule has 1 aliphatic heterocycles. The number of hydrogen-bond acceptors (Lipinski definition) is 4. The summed E-state index contributed by atoms with van der Waals surface area (Å²) < 4.78 is 10.7. The second-order valence-corrected chi connectivity index (χ2v) is 8.57. The van der Waals surface area contributed by atoms with Crippen LogP contribution in [0.1, 0.15) is 30.6 Å². The molecule has 0 bridgehead atoms. The minimum absolute atomic E-state index is 0.0408. The van der Waals surface area contributed by atoms with Crippen LogP contribution in [0.15, 0.2) is 18.2 Å². The molecule has 1 saturated carbocycles. The number of benzene rings is 1. The zero-order valence-corrected chi connectivity index (χ0v) is 16.3. The summed E-state index contributed by atoms with van der Waals surface area (Å²) in [6.45, 7) is 7.32. The fraction of sp³-hybridized carbons (Fsp3) is 0.650. The van der Waals surface area contributed by atoms with Gasteiger partial charge < -0.3 is 19.3 Å². The Morgan fingerprint density at radius 1 is 1.28 bits per heavy atom. The van der Waals surface area contributed by atoms with Crippen molar-refractivity contribution >= 4 is 5.91 Å². The molecule has 2 fully saturated rings. The molecule has 1 amide bonds. The Morgan fingerprint density at radius 2 is 2.00 bits per heavy atom. The second kappa shape index (κ2) is 6.20. The quantitative estimate of drug-likeness (QED) is 0.822. The predicted octanol–water partition coefficient (Wildman–Crippen LogP) is 2.75. The Bertz CT molecular complexity index is 667. The van der Waals surface area contributed by atoms with Crippen LogP contribution >= 0.6 is 0 Å². The Morgan fingerprint density at radius 3 is 2.56 bits per heavy atom. The molecule has 0 radical (unpaired) electrons. The van der Waals surface area contributed by atoms with Crippen LogP contribution in [0, 0.1) is 16.7 Å². The van der Waals surface area contributed by atoms with Gasteiger partial charge in [0.2, 0.25) is 0 Å². The predicted molar refractivity (Wildman–Crippen MR) is 98.3 cm³/mol. The zero-order chi connectivity index (χ0) is 18.4. The van der Waals surface area contributed by atoms with E-state index < -0.39 is 0 Å². The van der Waals surface area contributed by atoms with Crippen LogP contribution in [0.4, 0.5) is 0 Å². The molecule has 0 aromatic heterocycles. The maximum Gasteiger partial charge on any atom is 0.257 e. The molecule has 1 aromatic rings. The third kappa shape index (κ3) is 2.99. The minimum Gasteiger partial charge on any atom is -0.497 e. The molecule has 0 spiro atoms. The summed E-state index contributed by atoms with van der Waals surface area (Å²) in [6, 6.07) is 5.40. The molecule has 1 aromatic carbocycles. The Labute approximate surface area is 150 Å². The summed E-state index contributed by atoms with van der Waals surface area (Å²) in [4.78, 5) is 17.5. The molecule has 1 aliphatic carbocycles. The first-order valence-electron chi connectivity index (χ1n) is 8.88. The topological polar surface area (TPSA) is 42.0 Å². The SMILES string of the molecule is COc1ccc(OC)c(C(=O)N2C[C@@H]3C(C)(C)C[C@]3(CN(C)C)C2)c1. The summed E-state index contributed by atoms with van der Waals surface area (Å²) >= 11 is 0. The zero-order valence-electron chi connectivity index (χ0n) is 16.3. The fourth-order valence-corrected chi connectivity index (χ4v) is 5.28. The lowest BCUT2D eigenvalue weighted by molar-refractivity contribution is -0.0789. The number of carbonyl (C=O) groups is 1. The Kier molecular flexibility index (Phi) is 4.48. The van der Waals surface area contributed by atoms with Gasteiger partial charge in [-0.1, -0.05) is 13.8 Å². The lowest BCUT2D eigenvalue weighted by Gasteiger charge is -2.57. The number of carbonyl (C=O) groups excluding carboxylic acids is 1. The molecule has 2 aliphatic rings. The average Bonchev–Trinajstić information content (AvgIpc) is 2.87. The Balaban J connectivity index is 1.87.